The first kappa shape index (κ1) is 14.1. The maximum absolute atomic E-state index is 11.9. The van der Waals surface area contributed by atoms with Gasteiger partial charge in [-0.15, -0.1) is 0 Å². The Labute approximate surface area is 102 Å². The Hall–Kier alpha value is -1.92. The fourth-order valence-electron chi connectivity index (χ4n) is 1.34. The van der Waals surface area contributed by atoms with Crippen LogP contribution in [0.1, 0.15) is 18.5 Å². The van der Waals surface area contributed by atoms with Crippen molar-refractivity contribution in [3.05, 3.63) is 29.8 Å². The van der Waals surface area contributed by atoms with Crippen LogP contribution in [0, 0.1) is 0 Å². The van der Waals surface area contributed by atoms with Gasteiger partial charge in [0.15, 0.2) is 0 Å². The second-order valence-electron chi connectivity index (χ2n) is 3.59. The van der Waals surface area contributed by atoms with E-state index in [9.17, 15) is 18.0 Å². The predicted molar refractivity (Wildman–Crippen MR) is 59.1 cm³/mol. The fourth-order valence-corrected chi connectivity index (χ4v) is 1.34. The summed E-state index contributed by atoms with van der Waals surface area (Å²) in [6.07, 6.45) is -4.73. The van der Waals surface area contributed by atoms with Crippen molar-refractivity contribution in [1.82, 2.24) is 10.6 Å². The molecule has 0 aliphatic carbocycles. The molecule has 1 unspecified atom stereocenters. The van der Waals surface area contributed by atoms with Crippen LogP contribution < -0.4 is 15.4 Å². The Bertz CT molecular complexity index is 404. The van der Waals surface area contributed by atoms with Gasteiger partial charge in [-0.3, -0.25) is 0 Å². The number of nitrogens with one attached hydrogen (secondary N) is 2. The third-order valence-corrected chi connectivity index (χ3v) is 2.22. The number of urea groups is 1. The van der Waals surface area contributed by atoms with Crippen molar-refractivity contribution in [2.75, 3.05) is 7.11 Å². The summed E-state index contributed by atoms with van der Waals surface area (Å²) in [6.45, 7) is 1.58. The van der Waals surface area contributed by atoms with Gasteiger partial charge in [-0.2, -0.15) is 13.2 Å². The maximum Gasteiger partial charge on any atom is 0.485 e. The zero-order valence-electron chi connectivity index (χ0n) is 9.84. The van der Waals surface area contributed by atoms with Crippen LogP contribution in [0.15, 0.2) is 24.3 Å². The molecule has 2 amide bonds. The zero-order valence-corrected chi connectivity index (χ0v) is 9.84. The quantitative estimate of drug-likeness (QED) is 0.822. The average molecular weight is 262 g/mol. The van der Waals surface area contributed by atoms with Crippen LogP contribution in [0.2, 0.25) is 0 Å². The van der Waals surface area contributed by atoms with Crippen molar-refractivity contribution >= 4 is 6.03 Å². The number of hydrogen-bond acceptors (Lipinski definition) is 2. The second-order valence-corrected chi connectivity index (χ2v) is 3.59. The van der Waals surface area contributed by atoms with Crippen molar-refractivity contribution in [1.29, 1.82) is 0 Å². The summed E-state index contributed by atoms with van der Waals surface area (Å²) in [6, 6.07) is 4.82. The smallest absolute Gasteiger partial charge is 0.485 e. The minimum Gasteiger partial charge on any atom is -0.497 e. The summed E-state index contributed by atoms with van der Waals surface area (Å²) in [5, 5.41) is 3.05. The molecule has 1 aromatic carbocycles. The fraction of sp³-hybridized carbons (Fsp3) is 0.364. The first-order valence-electron chi connectivity index (χ1n) is 5.11. The summed E-state index contributed by atoms with van der Waals surface area (Å²) in [5.74, 6) is 0.630. The third-order valence-electron chi connectivity index (χ3n) is 2.22. The molecule has 7 heteroatoms. The Morgan fingerprint density at radius 3 is 2.28 bits per heavy atom. The van der Waals surface area contributed by atoms with E-state index in [4.69, 9.17) is 4.74 Å². The molecule has 100 valence electrons. The number of rotatable bonds is 3. The van der Waals surface area contributed by atoms with Gasteiger partial charge < -0.3 is 10.1 Å². The summed E-state index contributed by atoms with van der Waals surface area (Å²) >= 11 is 0. The number of halogens is 3. The Balaban J connectivity index is 2.59. The van der Waals surface area contributed by atoms with Gasteiger partial charge in [-0.1, -0.05) is 12.1 Å². The average Bonchev–Trinajstić information content (AvgIpc) is 2.26. The van der Waals surface area contributed by atoms with E-state index in [-0.39, 0.29) is 0 Å². The lowest BCUT2D eigenvalue weighted by atomic mass is 10.1. The van der Waals surface area contributed by atoms with Crippen molar-refractivity contribution in [3.63, 3.8) is 0 Å². The van der Waals surface area contributed by atoms with Crippen LogP contribution in [0.4, 0.5) is 18.0 Å². The first-order valence-corrected chi connectivity index (χ1v) is 5.11. The molecule has 1 aromatic rings. The molecule has 0 aromatic heterocycles. The van der Waals surface area contributed by atoms with Gasteiger partial charge in [-0.25, -0.2) is 10.1 Å². The zero-order chi connectivity index (χ0) is 13.8. The number of ether oxygens (including phenoxy) is 1. The van der Waals surface area contributed by atoms with Gasteiger partial charge in [0.05, 0.1) is 13.2 Å². The van der Waals surface area contributed by atoms with Gasteiger partial charge in [0.1, 0.15) is 5.75 Å². The molecule has 2 N–H and O–H groups in total. The molecule has 0 aliphatic rings. The molecule has 1 atom stereocenters. The molecule has 0 radical (unpaired) electrons. The molecule has 4 nitrogen and oxygen atoms in total. The number of benzene rings is 1. The SMILES string of the molecule is COc1ccc(C(C)NC(=O)NC(F)(F)F)cc1. The highest BCUT2D eigenvalue weighted by atomic mass is 19.4. The lowest BCUT2D eigenvalue weighted by Crippen LogP contribution is -2.44. The van der Waals surface area contributed by atoms with Crippen molar-refractivity contribution < 1.29 is 22.7 Å². The van der Waals surface area contributed by atoms with E-state index >= 15 is 0 Å². The van der Waals surface area contributed by atoms with Crippen LogP contribution in [-0.4, -0.2) is 19.4 Å². The molecule has 0 aliphatic heterocycles. The third kappa shape index (κ3) is 4.52. The minimum absolute atomic E-state index is 0.543. The molecule has 0 bridgehead atoms. The van der Waals surface area contributed by atoms with Crippen LogP contribution in [0.5, 0.6) is 5.75 Å². The highest BCUT2D eigenvalue weighted by Gasteiger charge is 2.30. The van der Waals surface area contributed by atoms with E-state index in [1.165, 1.54) is 7.11 Å². The highest BCUT2D eigenvalue weighted by molar-refractivity contribution is 5.74. The molecule has 0 saturated heterocycles. The van der Waals surface area contributed by atoms with Gasteiger partial charge >= 0.3 is 12.3 Å². The Kier molecular flexibility index (Phi) is 4.41. The number of carbonyl (C=O) groups excluding carboxylic acids is 1. The van der Waals surface area contributed by atoms with E-state index in [1.54, 1.807) is 31.2 Å². The topological polar surface area (TPSA) is 50.4 Å². The van der Waals surface area contributed by atoms with Crippen LogP contribution in [-0.2, 0) is 0 Å². The van der Waals surface area contributed by atoms with Gasteiger partial charge in [0.25, 0.3) is 0 Å². The van der Waals surface area contributed by atoms with E-state index < -0.39 is 18.4 Å². The lowest BCUT2D eigenvalue weighted by molar-refractivity contribution is -0.145. The molecular weight excluding hydrogens is 249 g/mol. The molecule has 0 fully saturated rings. The second kappa shape index (κ2) is 5.61. The largest absolute Gasteiger partial charge is 0.497 e. The first-order chi connectivity index (χ1) is 8.31. The van der Waals surface area contributed by atoms with E-state index in [0.29, 0.717) is 11.3 Å². The van der Waals surface area contributed by atoms with Crippen LogP contribution >= 0.6 is 0 Å². The Morgan fingerprint density at radius 1 is 1.28 bits per heavy atom. The van der Waals surface area contributed by atoms with Gasteiger partial charge in [-0.05, 0) is 24.6 Å². The van der Waals surface area contributed by atoms with Gasteiger partial charge in [0.2, 0.25) is 0 Å². The minimum atomic E-state index is -4.73. The molecule has 0 saturated carbocycles. The normalized spacial score (nSPS) is 12.7. The van der Waals surface area contributed by atoms with Crippen molar-refractivity contribution in [3.8, 4) is 5.75 Å². The number of methoxy groups -OCH3 is 1. The van der Waals surface area contributed by atoms with E-state index in [2.05, 4.69) is 5.32 Å². The molecule has 18 heavy (non-hydrogen) atoms. The number of hydrogen-bond donors (Lipinski definition) is 2. The number of alkyl halides is 3. The van der Waals surface area contributed by atoms with E-state index in [1.807, 2.05) is 0 Å². The lowest BCUT2D eigenvalue weighted by Gasteiger charge is -2.16. The molecule has 1 rings (SSSR count). The molecular formula is C11H13F3N2O2. The summed E-state index contributed by atoms with van der Waals surface area (Å²) < 4.78 is 40.6. The van der Waals surface area contributed by atoms with Crippen LogP contribution in [0.3, 0.4) is 0 Å². The summed E-state index contributed by atoms with van der Waals surface area (Å²) in [4.78, 5) is 11.0. The number of amides is 2. The molecule has 0 heterocycles. The highest BCUT2D eigenvalue weighted by Crippen LogP contribution is 2.17. The summed E-state index contributed by atoms with van der Waals surface area (Å²) in [5.41, 5.74) is 0.674. The van der Waals surface area contributed by atoms with E-state index in [0.717, 1.165) is 5.32 Å². The monoisotopic (exact) mass is 262 g/mol. The Morgan fingerprint density at radius 2 is 1.83 bits per heavy atom. The van der Waals surface area contributed by atoms with Crippen molar-refractivity contribution in [2.45, 2.75) is 19.3 Å². The van der Waals surface area contributed by atoms with Crippen molar-refractivity contribution in [2.24, 2.45) is 0 Å². The maximum atomic E-state index is 11.9. The summed E-state index contributed by atoms with van der Waals surface area (Å²) in [7, 11) is 1.51. The molecule has 0 spiro atoms. The standard InChI is InChI=1S/C11H13F3N2O2/c1-7(15-10(17)16-11(12,13)14)8-3-5-9(18-2)6-4-8/h3-7H,1-2H3,(H2,15,16,17). The number of carbonyl (C=O) groups is 1. The van der Waals surface area contributed by atoms with Crippen LogP contribution in [0.25, 0.3) is 0 Å². The van der Waals surface area contributed by atoms with Gasteiger partial charge in [0, 0.05) is 0 Å². The predicted octanol–water partition coefficient (Wildman–Crippen LogP) is 2.58.